The first-order valence-electron chi connectivity index (χ1n) is 6.39. The van der Waals surface area contributed by atoms with Gasteiger partial charge in [-0.2, -0.15) is 0 Å². The van der Waals surface area contributed by atoms with E-state index in [1.54, 1.807) is 25.1 Å². The van der Waals surface area contributed by atoms with Crippen molar-refractivity contribution < 1.29 is 13.3 Å². The molecule has 0 saturated heterocycles. The van der Waals surface area contributed by atoms with Gasteiger partial charge >= 0.3 is 0 Å². The van der Waals surface area contributed by atoms with Crippen molar-refractivity contribution in [2.75, 3.05) is 10.8 Å². The minimum absolute atomic E-state index is 0.0399. The number of benzene rings is 2. The van der Waals surface area contributed by atoms with E-state index in [9.17, 15) is 18.5 Å². The predicted octanol–water partition coefficient (Wildman–Crippen LogP) is 3.46. The van der Waals surface area contributed by atoms with Crippen LogP contribution in [-0.4, -0.2) is 19.9 Å². The van der Waals surface area contributed by atoms with Crippen LogP contribution in [0, 0.1) is 10.1 Å². The monoisotopic (exact) mass is 340 g/mol. The normalized spacial score (nSPS) is 11.2. The second kappa shape index (κ2) is 6.33. The molecule has 2 aromatic carbocycles. The molecule has 0 fully saturated rings. The molecule has 8 heteroatoms. The lowest BCUT2D eigenvalue weighted by atomic mass is 10.3. The molecular weight excluding hydrogens is 328 g/mol. The third-order valence-electron chi connectivity index (χ3n) is 3.03. The number of nitrogens with zero attached hydrogens (tertiary/aromatic N) is 2. The highest BCUT2D eigenvalue weighted by Crippen LogP contribution is 2.31. The number of nitro benzene ring substituents is 1. The molecule has 6 nitrogen and oxygen atoms in total. The molecule has 0 aliphatic rings. The van der Waals surface area contributed by atoms with Gasteiger partial charge in [0.2, 0.25) is 0 Å². The van der Waals surface area contributed by atoms with E-state index in [0.29, 0.717) is 0 Å². The molecule has 0 amide bonds. The zero-order chi connectivity index (χ0) is 16.3. The first-order chi connectivity index (χ1) is 10.4. The maximum atomic E-state index is 12.7. The van der Waals surface area contributed by atoms with E-state index in [4.69, 9.17) is 11.6 Å². The predicted molar refractivity (Wildman–Crippen MR) is 84.8 cm³/mol. The van der Waals surface area contributed by atoms with Crippen LogP contribution in [0.5, 0.6) is 0 Å². The minimum atomic E-state index is -3.79. The second-order valence-corrected chi connectivity index (χ2v) is 6.65. The Morgan fingerprint density at radius 1 is 1.18 bits per heavy atom. The quantitative estimate of drug-likeness (QED) is 0.616. The van der Waals surface area contributed by atoms with E-state index in [2.05, 4.69) is 0 Å². The minimum Gasteiger partial charge on any atom is -0.266 e. The van der Waals surface area contributed by atoms with E-state index in [0.717, 1.165) is 10.4 Å². The van der Waals surface area contributed by atoms with Crippen LogP contribution >= 0.6 is 11.6 Å². The third kappa shape index (κ3) is 3.05. The third-order valence-corrected chi connectivity index (χ3v) is 5.27. The van der Waals surface area contributed by atoms with Crippen molar-refractivity contribution in [3.05, 3.63) is 63.7 Å². The van der Waals surface area contributed by atoms with Gasteiger partial charge in [0.05, 0.1) is 15.5 Å². The van der Waals surface area contributed by atoms with Crippen LogP contribution in [0.3, 0.4) is 0 Å². The van der Waals surface area contributed by atoms with Gasteiger partial charge in [0.25, 0.3) is 15.7 Å². The summed E-state index contributed by atoms with van der Waals surface area (Å²) in [7, 11) is -3.79. The van der Waals surface area contributed by atoms with Crippen molar-refractivity contribution >= 4 is 33.0 Å². The summed E-state index contributed by atoms with van der Waals surface area (Å²) in [6.07, 6.45) is 0. The number of halogens is 1. The summed E-state index contributed by atoms with van der Waals surface area (Å²) in [5, 5.41) is 10.9. The first-order valence-corrected chi connectivity index (χ1v) is 8.21. The second-order valence-electron chi connectivity index (χ2n) is 4.38. The zero-order valence-electron chi connectivity index (χ0n) is 11.6. The highest BCUT2D eigenvalue weighted by Gasteiger charge is 2.25. The van der Waals surface area contributed by atoms with Crippen LogP contribution in [0.25, 0.3) is 0 Å². The summed E-state index contributed by atoms with van der Waals surface area (Å²) in [5.74, 6) is 0. The molecule has 0 aliphatic heterocycles. The Bertz CT molecular complexity index is 794. The Morgan fingerprint density at radius 3 is 2.36 bits per heavy atom. The summed E-state index contributed by atoms with van der Waals surface area (Å²) in [6.45, 7) is 1.79. The van der Waals surface area contributed by atoms with Crippen molar-refractivity contribution in [3.8, 4) is 0 Å². The molecule has 0 aromatic heterocycles. The number of sulfonamides is 1. The maximum Gasteiger partial charge on any atom is 0.289 e. The average Bonchev–Trinajstić information content (AvgIpc) is 2.50. The lowest BCUT2D eigenvalue weighted by Crippen LogP contribution is -2.30. The molecular formula is C14H13ClN2O4S. The molecule has 0 heterocycles. The van der Waals surface area contributed by atoms with Gasteiger partial charge in [-0.25, -0.2) is 8.42 Å². The summed E-state index contributed by atoms with van der Waals surface area (Å²) in [4.78, 5) is 10.4. The summed E-state index contributed by atoms with van der Waals surface area (Å²) >= 11 is 5.76. The molecule has 0 aliphatic carbocycles. The number of hydrogen-bond acceptors (Lipinski definition) is 4. The van der Waals surface area contributed by atoms with Gasteiger partial charge < -0.3 is 0 Å². The SMILES string of the molecule is CCN(c1ccc(Cl)c([N+](=O)[O-])c1)S(=O)(=O)c1ccccc1. The zero-order valence-corrected chi connectivity index (χ0v) is 13.2. The molecule has 0 N–H and O–H groups in total. The molecule has 0 unspecified atom stereocenters. The smallest absolute Gasteiger partial charge is 0.266 e. The van der Waals surface area contributed by atoms with E-state index >= 15 is 0 Å². The van der Waals surface area contributed by atoms with E-state index in [1.165, 1.54) is 24.3 Å². The van der Waals surface area contributed by atoms with Crippen molar-refractivity contribution in [1.82, 2.24) is 0 Å². The van der Waals surface area contributed by atoms with E-state index in [-0.39, 0.29) is 27.8 Å². The summed E-state index contributed by atoms with van der Waals surface area (Å²) in [6, 6.07) is 11.8. The van der Waals surface area contributed by atoms with E-state index in [1.807, 2.05) is 0 Å². The number of rotatable bonds is 5. The van der Waals surface area contributed by atoms with Crippen molar-refractivity contribution in [2.24, 2.45) is 0 Å². The Morgan fingerprint density at radius 2 is 1.82 bits per heavy atom. The summed E-state index contributed by atoms with van der Waals surface area (Å²) < 4.78 is 26.4. The van der Waals surface area contributed by atoms with Gasteiger partial charge in [-0.05, 0) is 31.2 Å². The molecule has 0 atom stereocenters. The van der Waals surface area contributed by atoms with Crippen LogP contribution in [0.4, 0.5) is 11.4 Å². The van der Waals surface area contributed by atoms with Gasteiger partial charge in [-0.15, -0.1) is 0 Å². The van der Waals surface area contributed by atoms with E-state index < -0.39 is 14.9 Å². The number of nitro groups is 1. The first kappa shape index (κ1) is 16.3. The maximum absolute atomic E-state index is 12.7. The van der Waals surface area contributed by atoms with Crippen molar-refractivity contribution in [3.63, 3.8) is 0 Å². The molecule has 2 rings (SSSR count). The van der Waals surface area contributed by atoms with Crippen molar-refractivity contribution in [2.45, 2.75) is 11.8 Å². The molecule has 2 aromatic rings. The van der Waals surface area contributed by atoms with Crippen LogP contribution in [-0.2, 0) is 10.0 Å². The molecule has 0 saturated carbocycles. The standard InChI is InChI=1S/C14H13ClN2O4S/c1-2-16(22(20,21)12-6-4-3-5-7-12)11-8-9-13(15)14(10-11)17(18)19/h3-10H,2H2,1H3. The van der Waals surface area contributed by atoms with Gasteiger partial charge in [0, 0.05) is 12.6 Å². The fourth-order valence-corrected chi connectivity index (χ4v) is 3.68. The molecule has 116 valence electrons. The van der Waals surface area contributed by atoms with Gasteiger partial charge in [-0.1, -0.05) is 29.8 Å². The van der Waals surface area contributed by atoms with Crippen LogP contribution in [0.15, 0.2) is 53.4 Å². The Hall–Kier alpha value is -2.12. The topological polar surface area (TPSA) is 80.5 Å². The van der Waals surface area contributed by atoms with Crippen molar-refractivity contribution in [1.29, 1.82) is 0 Å². The largest absolute Gasteiger partial charge is 0.289 e. The van der Waals surface area contributed by atoms with Gasteiger partial charge in [-0.3, -0.25) is 14.4 Å². The Labute approximate surface area is 133 Å². The fraction of sp³-hybridized carbons (Fsp3) is 0.143. The Kier molecular flexibility index (Phi) is 4.68. The molecule has 0 radical (unpaired) electrons. The Balaban J connectivity index is 2.54. The molecule has 0 bridgehead atoms. The average molecular weight is 341 g/mol. The van der Waals surface area contributed by atoms with Crippen LogP contribution in [0.1, 0.15) is 6.92 Å². The van der Waals surface area contributed by atoms with Gasteiger partial charge in [0.15, 0.2) is 0 Å². The number of hydrogen-bond donors (Lipinski definition) is 0. The van der Waals surface area contributed by atoms with Crippen LogP contribution in [0.2, 0.25) is 5.02 Å². The lowest BCUT2D eigenvalue weighted by Gasteiger charge is -2.22. The highest BCUT2D eigenvalue weighted by atomic mass is 35.5. The van der Waals surface area contributed by atoms with Gasteiger partial charge in [0.1, 0.15) is 5.02 Å². The highest BCUT2D eigenvalue weighted by molar-refractivity contribution is 7.92. The summed E-state index contributed by atoms with van der Waals surface area (Å²) in [5.41, 5.74) is -0.136. The molecule has 22 heavy (non-hydrogen) atoms. The fourth-order valence-electron chi connectivity index (χ4n) is 2.01. The molecule has 0 spiro atoms. The lowest BCUT2D eigenvalue weighted by molar-refractivity contribution is -0.384. The number of anilines is 1. The van der Waals surface area contributed by atoms with Crippen LogP contribution < -0.4 is 4.31 Å².